The molecule has 1 aromatic carbocycles. The molecule has 1 aromatic rings. The van der Waals surface area contributed by atoms with E-state index in [0.717, 1.165) is 0 Å². The summed E-state index contributed by atoms with van der Waals surface area (Å²) in [4.78, 5) is 11.9. The van der Waals surface area contributed by atoms with Crippen LogP contribution in [0.3, 0.4) is 0 Å². The molecule has 2 rings (SSSR count). The SMILES string of the molecule is COC(OC)C(=O)c1ccc2c(c1)OCO2. The lowest BCUT2D eigenvalue weighted by Crippen LogP contribution is -2.24. The lowest BCUT2D eigenvalue weighted by Gasteiger charge is -2.11. The molecule has 1 aliphatic rings. The number of carbonyl (C=O) groups excluding carboxylic acids is 1. The Balaban J connectivity index is 2.24. The van der Waals surface area contributed by atoms with Crippen LogP contribution < -0.4 is 9.47 Å². The van der Waals surface area contributed by atoms with Gasteiger partial charge in [0, 0.05) is 19.8 Å². The normalized spacial score (nSPS) is 13.2. The van der Waals surface area contributed by atoms with Crippen LogP contribution in [0, 0.1) is 0 Å². The van der Waals surface area contributed by atoms with Crippen LogP contribution in [0.15, 0.2) is 18.2 Å². The largest absolute Gasteiger partial charge is 0.454 e. The Bertz CT molecular complexity index is 397. The lowest BCUT2D eigenvalue weighted by molar-refractivity contribution is -0.0742. The minimum atomic E-state index is -0.889. The van der Waals surface area contributed by atoms with Crippen molar-refractivity contribution < 1.29 is 23.7 Å². The average Bonchev–Trinajstić information content (AvgIpc) is 2.77. The topological polar surface area (TPSA) is 54.0 Å². The first-order valence-electron chi connectivity index (χ1n) is 4.75. The van der Waals surface area contributed by atoms with E-state index < -0.39 is 6.29 Å². The molecule has 0 N–H and O–H groups in total. The molecule has 0 aromatic heterocycles. The van der Waals surface area contributed by atoms with E-state index in [9.17, 15) is 4.79 Å². The molecule has 0 saturated carbocycles. The Morgan fingerprint density at radius 1 is 1.25 bits per heavy atom. The molecule has 5 heteroatoms. The van der Waals surface area contributed by atoms with Crippen molar-refractivity contribution in [2.45, 2.75) is 6.29 Å². The monoisotopic (exact) mass is 224 g/mol. The number of hydrogen-bond acceptors (Lipinski definition) is 5. The molecular formula is C11H12O5. The Morgan fingerprint density at radius 3 is 2.62 bits per heavy atom. The van der Waals surface area contributed by atoms with Gasteiger partial charge in [0.05, 0.1) is 0 Å². The van der Waals surface area contributed by atoms with Crippen molar-refractivity contribution in [2.24, 2.45) is 0 Å². The van der Waals surface area contributed by atoms with Gasteiger partial charge in [0.15, 0.2) is 11.5 Å². The fourth-order valence-electron chi connectivity index (χ4n) is 1.50. The molecule has 0 fully saturated rings. The van der Waals surface area contributed by atoms with Gasteiger partial charge in [-0.1, -0.05) is 0 Å². The lowest BCUT2D eigenvalue weighted by atomic mass is 10.1. The molecule has 0 bridgehead atoms. The quantitative estimate of drug-likeness (QED) is 0.568. The number of rotatable bonds is 4. The third kappa shape index (κ3) is 1.87. The second-order valence-corrected chi connectivity index (χ2v) is 3.24. The van der Waals surface area contributed by atoms with Gasteiger partial charge in [-0.3, -0.25) is 4.79 Å². The molecule has 0 atom stereocenters. The number of ketones is 1. The fourth-order valence-corrected chi connectivity index (χ4v) is 1.50. The number of carbonyl (C=O) groups is 1. The van der Waals surface area contributed by atoms with Crippen molar-refractivity contribution in [3.8, 4) is 11.5 Å². The zero-order chi connectivity index (χ0) is 11.5. The van der Waals surface area contributed by atoms with E-state index >= 15 is 0 Å². The standard InChI is InChI=1S/C11H12O5/c1-13-11(14-2)10(12)7-3-4-8-9(5-7)16-6-15-8/h3-5,11H,6H2,1-2H3. The summed E-state index contributed by atoms with van der Waals surface area (Å²) in [6.45, 7) is 0.185. The molecule has 0 saturated heterocycles. The Kier molecular flexibility index (Phi) is 3.07. The van der Waals surface area contributed by atoms with Crippen LogP contribution in [0.4, 0.5) is 0 Å². The van der Waals surface area contributed by atoms with Crippen LogP contribution in [0.5, 0.6) is 11.5 Å². The van der Waals surface area contributed by atoms with E-state index in [0.29, 0.717) is 17.1 Å². The van der Waals surface area contributed by atoms with Gasteiger partial charge in [0.1, 0.15) is 0 Å². The summed E-state index contributed by atoms with van der Waals surface area (Å²) in [5.74, 6) is 0.961. The molecular weight excluding hydrogens is 212 g/mol. The molecule has 1 heterocycles. The highest BCUT2D eigenvalue weighted by Crippen LogP contribution is 2.32. The molecule has 0 amide bonds. The smallest absolute Gasteiger partial charge is 0.231 e. The van der Waals surface area contributed by atoms with Gasteiger partial charge in [-0.15, -0.1) is 0 Å². The van der Waals surface area contributed by atoms with E-state index in [1.54, 1.807) is 18.2 Å². The maximum atomic E-state index is 11.9. The van der Waals surface area contributed by atoms with Crippen molar-refractivity contribution in [3.63, 3.8) is 0 Å². The third-order valence-electron chi connectivity index (χ3n) is 2.30. The molecule has 86 valence electrons. The second kappa shape index (κ2) is 4.51. The number of fused-ring (bicyclic) bond motifs is 1. The van der Waals surface area contributed by atoms with Crippen molar-refractivity contribution in [1.82, 2.24) is 0 Å². The number of Topliss-reactive ketones (excluding diaryl/α,β-unsaturated/α-hetero) is 1. The Labute approximate surface area is 92.9 Å². The summed E-state index contributed by atoms with van der Waals surface area (Å²) < 4.78 is 20.1. The Hall–Kier alpha value is -1.59. The highest BCUT2D eigenvalue weighted by atomic mass is 16.7. The number of benzene rings is 1. The first kappa shape index (κ1) is 10.9. The third-order valence-corrected chi connectivity index (χ3v) is 2.30. The van der Waals surface area contributed by atoms with E-state index in [1.807, 2.05) is 0 Å². The van der Waals surface area contributed by atoms with Gasteiger partial charge in [-0.25, -0.2) is 0 Å². The summed E-state index contributed by atoms with van der Waals surface area (Å²) in [5.41, 5.74) is 0.470. The zero-order valence-electron chi connectivity index (χ0n) is 9.06. The average molecular weight is 224 g/mol. The molecule has 0 aliphatic carbocycles. The van der Waals surface area contributed by atoms with Crippen molar-refractivity contribution in [3.05, 3.63) is 23.8 Å². The maximum absolute atomic E-state index is 11.9. The highest BCUT2D eigenvalue weighted by molar-refractivity contribution is 5.99. The van der Waals surface area contributed by atoms with Gasteiger partial charge in [0.2, 0.25) is 18.9 Å². The van der Waals surface area contributed by atoms with Crippen LogP contribution in [0.2, 0.25) is 0 Å². The first-order valence-corrected chi connectivity index (χ1v) is 4.75. The molecule has 0 spiro atoms. The predicted molar refractivity (Wildman–Crippen MR) is 54.7 cm³/mol. The van der Waals surface area contributed by atoms with Gasteiger partial charge in [-0.2, -0.15) is 0 Å². The van der Waals surface area contributed by atoms with Crippen molar-refractivity contribution in [2.75, 3.05) is 21.0 Å². The minimum absolute atomic E-state index is 0.185. The van der Waals surface area contributed by atoms with Crippen LogP contribution in [0.1, 0.15) is 10.4 Å². The number of hydrogen-bond donors (Lipinski definition) is 0. The zero-order valence-corrected chi connectivity index (χ0v) is 9.06. The maximum Gasteiger partial charge on any atom is 0.231 e. The summed E-state index contributed by atoms with van der Waals surface area (Å²) in [6.07, 6.45) is -0.889. The summed E-state index contributed by atoms with van der Waals surface area (Å²) in [7, 11) is 2.83. The first-order chi connectivity index (χ1) is 7.76. The van der Waals surface area contributed by atoms with Crippen LogP contribution in [-0.2, 0) is 9.47 Å². The molecule has 0 radical (unpaired) electrons. The summed E-state index contributed by atoms with van der Waals surface area (Å²) in [6, 6.07) is 4.97. The van der Waals surface area contributed by atoms with E-state index in [1.165, 1.54) is 14.2 Å². The van der Waals surface area contributed by atoms with E-state index in [-0.39, 0.29) is 12.6 Å². The van der Waals surface area contributed by atoms with Gasteiger partial charge in [0.25, 0.3) is 0 Å². The highest BCUT2D eigenvalue weighted by Gasteiger charge is 2.22. The van der Waals surface area contributed by atoms with Crippen LogP contribution >= 0.6 is 0 Å². The second-order valence-electron chi connectivity index (χ2n) is 3.24. The minimum Gasteiger partial charge on any atom is -0.454 e. The van der Waals surface area contributed by atoms with Crippen molar-refractivity contribution in [1.29, 1.82) is 0 Å². The van der Waals surface area contributed by atoms with E-state index in [2.05, 4.69) is 0 Å². The van der Waals surface area contributed by atoms with Gasteiger partial charge < -0.3 is 18.9 Å². The molecule has 1 aliphatic heterocycles. The molecule has 5 nitrogen and oxygen atoms in total. The number of ether oxygens (including phenoxy) is 4. The number of methoxy groups -OCH3 is 2. The molecule has 0 unspecified atom stereocenters. The Morgan fingerprint density at radius 2 is 1.94 bits per heavy atom. The van der Waals surface area contributed by atoms with Crippen LogP contribution in [0.25, 0.3) is 0 Å². The summed E-state index contributed by atoms with van der Waals surface area (Å²) in [5, 5.41) is 0. The molecule has 16 heavy (non-hydrogen) atoms. The van der Waals surface area contributed by atoms with Gasteiger partial charge in [-0.05, 0) is 18.2 Å². The van der Waals surface area contributed by atoms with Crippen molar-refractivity contribution >= 4 is 5.78 Å². The van der Waals surface area contributed by atoms with E-state index in [4.69, 9.17) is 18.9 Å². The fraction of sp³-hybridized carbons (Fsp3) is 0.364. The summed E-state index contributed by atoms with van der Waals surface area (Å²) >= 11 is 0. The van der Waals surface area contributed by atoms with Crippen LogP contribution in [-0.4, -0.2) is 33.1 Å². The predicted octanol–water partition coefficient (Wildman–Crippen LogP) is 1.22. The van der Waals surface area contributed by atoms with Gasteiger partial charge >= 0.3 is 0 Å².